The smallest absolute Gasteiger partial charge is 0.351 e. The number of nitrogens with one attached hydrogen (secondary N) is 2. The predicted molar refractivity (Wildman–Crippen MR) is 182 cm³/mol. The number of aliphatic carboxylic acids is 1. The first-order valence-electron chi connectivity index (χ1n) is 14.7. The molecule has 2 aromatic carbocycles. The Morgan fingerprint density at radius 2 is 1.65 bits per heavy atom. The molecule has 46 heavy (non-hydrogen) atoms. The fraction of sp³-hybridized carbons (Fsp3) is 0.394. The maximum absolute atomic E-state index is 12.6. The minimum absolute atomic E-state index is 0.0670. The van der Waals surface area contributed by atoms with Crippen LogP contribution in [0.15, 0.2) is 59.1 Å². The van der Waals surface area contributed by atoms with Crippen molar-refractivity contribution in [3.8, 4) is 16.2 Å². The lowest BCUT2D eigenvalue weighted by Gasteiger charge is -2.32. The highest BCUT2D eigenvalue weighted by Crippen LogP contribution is 2.46. The quantitative estimate of drug-likeness (QED) is 0.197. The van der Waals surface area contributed by atoms with Crippen LogP contribution in [0.25, 0.3) is 10.4 Å². The van der Waals surface area contributed by atoms with E-state index < -0.39 is 23.5 Å². The van der Waals surface area contributed by atoms with Crippen LogP contribution in [0.5, 0.6) is 5.75 Å². The minimum Gasteiger partial charge on any atom is -0.481 e. The molecule has 3 aromatic rings. The molecule has 1 saturated heterocycles. The maximum atomic E-state index is 12.6. The van der Waals surface area contributed by atoms with Gasteiger partial charge in [-0.05, 0) is 85.3 Å². The zero-order valence-electron chi connectivity index (χ0n) is 26.6. The van der Waals surface area contributed by atoms with Gasteiger partial charge in [-0.2, -0.15) is 0 Å². The van der Waals surface area contributed by atoms with E-state index in [-0.39, 0.29) is 23.3 Å². The second-order valence-electron chi connectivity index (χ2n) is 11.5. The van der Waals surface area contributed by atoms with Gasteiger partial charge in [-0.1, -0.05) is 30.3 Å². The molecule has 1 aliphatic rings. The molecule has 2 heterocycles. The van der Waals surface area contributed by atoms with Crippen molar-refractivity contribution >= 4 is 62.6 Å². The molecule has 0 bridgehead atoms. The summed E-state index contributed by atoms with van der Waals surface area (Å²) in [6.07, 6.45) is 1.82. The Bertz CT molecular complexity index is 1490. The van der Waals surface area contributed by atoms with Crippen molar-refractivity contribution in [2.45, 2.75) is 46.1 Å². The van der Waals surface area contributed by atoms with Crippen LogP contribution in [0, 0.1) is 5.92 Å². The Hall–Kier alpha value is -4.10. The Labute approximate surface area is 281 Å². The fourth-order valence-electron chi connectivity index (χ4n) is 4.54. The van der Waals surface area contributed by atoms with Gasteiger partial charge in [0.05, 0.1) is 16.5 Å². The Morgan fingerprint density at radius 1 is 1.02 bits per heavy atom. The van der Waals surface area contributed by atoms with Gasteiger partial charge in [0.25, 0.3) is 5.97 Å². The van der Waals surface area contributed by atoms with E-state index in [2.05, 4.69) is 26.6 Å². The summed E-state index contributed by atoms with van der Waals surface area (Å²) < 4.78 is 16.6. The number of para-hydroxylation sites is 1. The van der Waals surface area contributed by atoms with Crippen LogP contribution in [-0.4, -0.2) is 72.9 Å². The number of hydrogen-bond donors (Lipinski definition) is 3. The number of amides is 2. The number of nitrogens with zero attached hydrogens (tertiary/aromatic N) is 1. The van der Waals surface area contributed by atoms with Crippen LogP contribution < -0.4 is 15.4 Å². The molecule has 1 aliphatic heterocycles. The van der Waals surface area contributed by atoms with Crippen LogP contribution in [0.3, 0.4) is 0 Å². The number of anilines is 2. The minimum atomic E-state index is -0.833. The number of rotatable bonds is 9. The van der Waals surface area contributed by atoms with E-state index in [1.165, 1.54) is 18.4 Å². The molecule has 0 aliphatic carbocycles. The molecule has 11 nitrogen and oxygen atoms in total. The highest BCUT2D eigenvalue weighted by atomic mass is 79.9. The average Bonchev–Trinajstić information content (AvgIpc) is 3.34. The summed E-state index contributed by atoms with van der Waals surface area (Å²) in [5.74, 6) is -1.24. The Morgan fingerprint density at radius 3 is 2.26 bits per heavy atom. The second kappa shape index (κ2) is 17.0. The highest BCUT2D eigenvalue weighted by molar-refractivity contribution is 9.10. The topological polar surface area (TPSA) is 144 Å². The first-order valence-corrected chi connectivity index (χ1v) is 16.3. The summed E-state index contributed by atoms with van der Waals surface area (Å²) in [5.41, 5.74) is 1.96. The van der Waals surface area contributed by atoms with E-state index in [4.69, 9.17) is 24.1 Å². The zero-order valence-corrected chi connectivity index (χ0v) is 29.0. The standard InChI is InChI=1S/C31H36BrN3O6S.C2H4O2/c1-31(2,3)41-24(36)19-40-26-25(32)27(42-28(26)29(37)39-4)21-9-8-12-23(17-21)33-18-20-13-15-35(16-14-20)30(38)34-22-10-6-5-7-11-22;1-2(3)4/h5-12,17,20,33H,13-16,18-19H2,1-4H3,(H,34,38);1H3,(H,3,4). The van der Waals surface area contributed by atoms with Crippen LogP contribution in [0.1, 0.15) is 50.2 Å². The fourth-order valence-corrected chi connectivity index (χ4v) is 6.50. The van der Waals surface area contributed by atoms with Gasteiger partial charge in [-0.3, -0.25) is 4.79 Å². The van der Waals surface area contributed by atoms with Crippen molar-refractivity contribution in [2.75, 3.05) is 44.0 Å². The van der Waals surface area contributed by atoms with E-state index in [0.29, 0.717) is 23.5 Å². The number of methoxy groups -OCH3 is 1. The van der Waals surface area contributed by atoms with Crippen molar-refractivity contribution in [3.05, 3.63) is 63.9 Å². The summed E-state index contributed by atoms with van der Waals surface area (Å²) in [6.45, 7) is 8.26. The summed E-state index contributed by atoms with van der Waals surface area (Å²) in [4.78, 5) is 49.3. The Kier molecular flexibility index (Phi) is 13.4. The lowest BCUT2D eigenvalue weighted by molar-refractivity contribution is -0.157. The molecule has 13 heteroatoms. The zero-order chi connectivity index (χ0) is 33.9. The van der Waals surface area contributed by atoms with Gasteiger partial charge in [0.1, 0.15) is 5.60 Å². The van der Waals surface area contributed by atoms with Crippen LogP contribution in [0.2, 0.25) is 0 Å². The molecule has 0 spiro atoms. The largest absolute Gasteiger partial charge is 0.481 e. The monoisotopic (exact) mass is 717 g/mol. The third kappa shape index (κ3) is 11.4. The molecule has 2 amide bonds. The van der Waals surface area contributed by atoms with Gasteiger partial charge in [-0.15, -0.1) is 11.3 Å². The molecule has 1 aromatic heterocycles. The number of carbonyl (C=O) groups is 4. The number of carboxylic acid groups (broad SMARTS) is 1. The van der Waals surface area contributed by atoms with E-state index in [1.54, 1.807) is 20.8 Å². The molecule has 1 fully saturated rings. The number of carbonyl (C=O) groups excluding carboxylic acids is 3. The molecule has 0 atom stereocenters. The number of benzene rings is 2. The van der Waals surface area contributed by atoms with Crippen LogP contribution in [-0.2, 0) is 19.1 Å². The molecule has 4 rings (SSSR count). The number of ether oxygens (including phenoxy) is 3. The van der Waals surface area contributed by atoms with E-state index in [9.17, 15) is 14.4 Å². The molecular weight excluding hydrogens is 678 g/mol. The van der Waals surface area contributed by atoms with E-state index in [0.717, 1.165) is 48.1 Å². The van der Waals surface area contributed by atoms with Crippen molar-refractivity contribution in [3.63, 3.8) is 0 Å². The van der Waals surface area contributed by atoms with Crippen molar-refractivity contribution < 1.29 is 38.5 Å². The summed E-state index contributed by atoms with van der Waals surface area (Å²) in [5, 5.41) is 13.9. The number of halogens is 1. The number of esters is 2. The number of hydrogen-bond acceptors (Lipinski definition) is 9. The first kappa shape index (κ1) is 36.4. The Balaban J connectivity index is 0.00000136. The van der Waals surface area contributed by atoms with Crippen molar-refractivity contribution in [1.82, 2.24) is 4.90 Å². The number of thiophene rings is 1. The number of urea groups is 1. The molecule has 0 unspecified atom stereocenters. The second-order valence-corrected chi connectivity index (χ2v) is 13.3. The lowest BCUT2D eigenvalue weighted by Crippen LogP contribution is -2.42. The van der Waals surface area contributed by atoms with Gasteiger partial charge in [0, 0.05) is 37.9 Å². The van der Waals surface area contributed by atoms with Crippen LogP contribution in [0.4, 0.5) is 16.2 Å². The SMILES string of the molecule is CC(=O)O.COC(=O)c1sc(-c2cccc(NCC3CCN(C(=O)Nc4ccccc4)CC3)c2)c(Br)c1OCC(=O)OC(C)(C)C. The van der Waals surface area contributed by atoms with Crippen molar-refractivity contribution in [1.29, 1.82) is 0 Å². The van der Waals surface area contributed by atoms with Gasteiger partial charge in [0.15, 0.2) is 17.2 Å². The van der Waals surface area contributed by atoms with Crippen molar-refractivity contribution in [2.24, 2.45) is 5.92 Å². The lowest BCUT2D eigenvalue weighted by atomic mass is 9.97. The summed E-state index contributed by atoms with van der Waals surface area (Å²) in [7, 11) is 1.30. The van der Waals surface area contributed by atoms with Gasteiger partial charge < -0.3 is 34.9 Å². The molecule has 248 valence electrons. The number of piperidine rings is 1. The molecule has 0 radical (unpaired) electrons. The molecule has 0 saturated carbocycles. The van der Waals surface area contributed by atoms with E-state index in [1.807, 2.05) is 59.5 Å². The third-order valence-corrected chi connectivity index (χ3v) is 8.80. The van der Waals surface area contributed by atoms with E-state index >= 15 is 0 Å². The van der Waals surface area contributed by atoms with Crippen LogP contribution >= 0.6 is 27.3 Å². The first-order chi connectivity index (χ1) is 21.8. The van der Waals surface area contributed by atoms with Gasteiger partial charge >= 0.3 is 18.0 Å². The normalized spacial score (nSPS) is 13.1. The summed E-state index contributed by atoms with van der Waals surface area (Å²) >= 11 is 4.81. The highest BCUT2D eigenvalue weighted by Gasteiger charge is 2.27. The summed E-state index contributed by atoms with van der Waals surface area (Å²) in [6, 6.07) is 17.3. The third-order valence-electron chi connectivity index (χ3n) is 6.58. The van der Waals surface area contributed by atoms with Gasteiger partial charge in [-0.25, -0.2) is 14.4 Å². The average molecular weight is 719 g/mol. The molecule has 3 N–H and O–H groups in total. The maximum Gasteiger partial charge on any atom is 0.351 e. The number of likely N-dealkylation sites (tertiary alicyclic amines) is 1. The predicted octanol–water partition coefficient (Wildman–Crippen LogP) is 7.13. The van der Waals surface area contributed by atoms with Gasteiger partial charge in [0.2, 0.25) is 0 Å². The molecular formula is C33H40BrN3O8S. The number of carboxylic acids is 1.